The Kier molecular flexibility index (Phi) is 2.13. The first-order valence-electron chi connectivity index (χ1n) is 1.82. The summed E-state index contributed by atoms with van der Waals surface area (Å²) in [6.45, 7) is 6.86. The average molecular weight is 86.1 g/mol. The topological polar surface area (TPSA) is 52.0 Å². The molecule has 2 radical (unpaired) electrons. The highest BCUT2D eigenvalue weighted by atomic mass is 14.7. The van der Waals surface area contributed by atoms with Crippen molar-refractivity contribution in [2.24, 2.45) is 11.5 Å². The molecule has 2 heteroatoms. The van der Waals surface area contributed by atoms with Crippen molar-refractivity contribution in [3.63, 3.8) is 0 Å². The first kappa shape index (κ1) is 5.92. The van der Waals surface area contributed by atoms with Crippen LogP contribution in [0.25, 0.3) is 0 Å². The van der Waals surface area contributed by atoms with Gasteiger partial charge in [0, 0.05) is 12.1 Å². The summed E-state index contributed by atoms with van der Waals surface area (Å²) in [6.07, 6.45) is 0. The van der Waals surface area contributed by atoms with Crippen LogP contribution in [0.2, 0.25) is 0 Å². The molecule has 0 aliphatic carbocycles. The van der Waals surface area contributed by atoms with Crippen LogP contribution in [0.15, 0.2) is 0 Å². The van der Waals surface area contributed by atoms with Crippen LogP contribution in [0, 0.1) is 13.8 Å². The van der Waals surface area contributed by atoms with Gasteiger partial charge in [-0.15, -0.1) is 0 Å². The van der Waals surface area contributed by atoms with E-state index >= 15 is 0 Å². The van der Waals surface area contributed by atoms with Crippen LogP contribution in [0.1, 0.15) is 0 Å². The lowest BCUT2D eigenvalue weighted by molar-refractivity contribution is 0.699. The van der Waals surface area contributed by atoms with E-state index in [1.165, 1.54) is 0 Å². The van der Waals surface area contributed by atoms with Crippen molar-refractivity contribution in [3.8, 4) is 0 Å². The molecule has 0 bridgehead atoms. The van der Waals surface area contributed by atoms with Crippen LogP contribution >= 0.6 is 0 Å². The molecule has 2 unspecified atom stereocenters. The fourth-order valence-corrected chi connectivity index (χ4v) is 0. The summed E-state index contributed by atoms with van der Waals surface area (Å²) in [5.41, 5.74) is 10.3. The van der Waals surface area contributed by atoms with Crippen molar-refractivity contribution < 1.29 is 0 Å². The molecular weight excluding hydrogens is 76.1 g/mol. The van der Waals surface area contributed by atoms with E-state index in [2.05, 4.69) is 13.8 Å². The molecule has 0 aliphatic heterocycles. The summed E-state index contributed by atoms with van der Waals surface area (Å²) in [5, 5.41) is 0. The van der Waals surface area contributed by atoms with E-state index < -0.39 is 0 Å². The van der Waals surface area contributed by atoms with Gasteiger partial charge in [0.15, 0.2) is 0 Å². The quantitative estimate of drug-likeness (QED) is 0.443. The van der Waals surface area contributed by atoms with Crippen LogP contribution in [-0.2, 0) is 0 Å². The second-order valence-corrected chi connectivity index (χ2v) is 1.33. The van der Waals surface area contributed by atoms with E-state index in [4.69, 9.17) is 11.5 Å². The largest absolute Gasteiger partial charge is 0.326 e. The maximum atomic E-state index is 5.14. The molecule has 0 rings (SSSR count). The molecule has 4 N–H and O–H groups in total. The molecule has 0 saturated heterocycles. The highest BCUT2D eigenvalue weighted by molar-refractivity contribution is 4.78. The first-order valence-corrected chi connectivity index (χ1v) is 1.82. The molecule has 6 heavy (non-hydrogen) atoms. The fraction of sp³-hybridized carbons (Fsp3) is 0.500. The Labute approximate surface area is 38.5 Å². The normalized spacial score (nSPS) is 20.0. The van der Waals surface area contributed by atoms with Gasteiger partial charge < -0.3 is 11.5 Å². The van der Waals surface area contributed by atoms with Gasteiger partial charge in [0.2, 0.25) is 0 Å². The van der Waals surface area contributed by atoms with E-state index in [1.54, 1.807) is 0 Å². The molecule has 0 fully saturated rings. The molecule has 2 nitrogen and oxygen atoms in total. The first-order chi connectivity index (χ1) is 2.64. The maximum Gasteiger partial charge on any atom is 0.0192 e. The Bertz CT molecular complexity index is 26.5. The predicted molar refractivity (Wildman–Crippen MR) is 26.7 cm³/mol. The molecule has 0 aromatic rings. The molecule has 0 heterocycles. The smallest absolute Gasteiger partial charge is 0.0192 e. The standard InChI is InChI=1S/C4H10N2/c1-3(5)4(2)6/h3-4H,1-2,5-6H2. The summed E-state index contributed by atoms with van der Waals surface area (Å²) >= 11 is 0. The second kappa shape index (κ2) is 2.16. The Hall–Kier alpha value is -0.0800. The average Bonchev–Trinajstić information content (AvgIpc) is 1.36. The summed E-state index contributed by atoms with van der Waals surface area (Å²) < 4.78 is 0. The molecule has 2 atom stereocenters. The van der Waals surface area contributed by atoms with Crippen molar-refractivity contribution in [1.82, 2.24) is 0 Å². The summed E-state index contributed by atoms with van der Waals surface area (Å²) in [5.74, 6) is 0. The van der Waals surface area contributed by atoms with Crippen LogP contribution < -0.4 is 11.5 Å². The molecule has 0 saturated carbocycles. The van der Waals surface area contributed by atoms with Gasteiger partial charge in [0.1, 0.15) is 0 Å². The zero-order valence-corrected chi connectivity index (χ0v) is 3.72. The van der Waals surface area contributed by atoms with Gasteiger partial charge in [0.25, 0.3) is 0 Å². The van der Waals surface area contributed by atoms with Crippen molar-refractivity contribution >= 4 is 0 Å². The van der Waals surface area contributed by atoms with Crippen LogP contribution in [0.3, 0.4) is 0 Å². The van der Waals surface area contributed by atoms with Crippen LogP contribution in [0.5, 0.6) is 0 Å². The van der Waals surface area contributed by atoms with Gasteiger partial charge in [-0.25, -0.2) is 0 Å². The van der Waals surface area contributed by atoms with Gasteiger partial charge >= 0.3 is 0 Å². The predicted octanol–water partition coefficient (Wildman–Crippen LogP) is -0.691. The molecule has 0 aromatic carbocycles. The van der Waals surface area contributed by atoms with Gasteiger partial charge in [-0.3, -0.25) is 0 Å². The lowest BCUT2D eigenvalue weighted by Gasteiger charge is -2.05. The van der Waals surface area contributed by atoms with E-state index in [-0.39, 0.29) is 12.1 Å². The monoisotopic (exact) mass is 86.1 g/mol. The number of hydrogen-bond donors (Lipinski definition) is 2. The van der Waals surface area contributed by atoms with E-state index in [9.17, 15) is 0 Å². The summed E-state index contributed by atoms with van der Waals surface area (Å²) in [4.78, 5) is 0. The SMILES string of the molecule is [CH2]C(N)C([CH2])N. The van der Waals surface area contributed by atoms with Crippen molar-refractivity contribution in [2.75, 3.05) is 0 Å². The zero-order chi connectivity index (χ0) is 5.15. The van der Waals surface area contributed by atoms with Crippen molar-refractivity contribution in [2.45, 2.75) is 12.1 Å². The molecule has 0 amide bonds. The maximum absolute atomic E-state index is 5.14. The molecular formula is C4H10N2. The van der Waals surface area contributed by atoms with Crippen LogP contribution in [0.4, 0.5) is 0 Å². The van der Waals surface area contributed by atoms with E-state index in [1.807, 2.05) is 0 Å². The minimum Gasteiger partial charge on any atom is -0.326 e. The van der Waals surface area contributed by atoms with Crippen molar-refractivity contribution in [1.29, 1.82) is 0 Å². The summed E-state index contributed by atoms with van der Waals surface area (Å²) in [7, 11) is 0. The molecule has 0 spiro atoms. The minimum atomic E-state index is -0.231. The fourth-order valence-electron chi connectivity index (χ4n) is 0. The van der Waals surface area contributed by atoms with Gasteiger partial charge in [0.05, 0.1) is 0 Å². The Morgan fingerprint density at radius 1 is 1.00 bits per heavy atom. The highest BCUT2D eigenvalue weighted by Gasteiger charge is 1.96. The van der Waals surface area contributed by atoms with Gasteiger partial charge in [-0.2, -0.15) is 0 Å². The third-order valence-corrected chi connectivity index (χ3v) is 0.550. The molecule has 0 aliphatic rings. The van der Waals surface area contributed by atoms with Crippen molar-refractivity contribution in [3.05, 3.63) is 13.8 Å². The number of rotatable bonds is 1. The second-order valence-electron chi connectivity index (χ2n) is 1.33. The lowest BCUT2D eigenvalue weighted by Crippen LogP contribution is -2.36. The summed E-state index contributed by atoms with van der Waals surface area (Å²) in [6, 6.07) is -0.463. The third kappa shape index (κ3) is 2.18. The number of hydrogen-bond acceptors (Lipinski definition) is 2. The molecule has 0 aromatic heterocycles. The van der Waals surface area contributed by atoms with Gasteiger partial charge in [-0.05, 0) is 13.8 Å². The Balaban J connectivity index is 2.99. The Morgan fingerprint density at radius 3 is 1.17 bits per heavy atom. The highest BCUT2D eigenvalue weighted by Crippen LogP contribution is 1.76. The minimum absolute atomic E-state index is 0.231. The van der Waals surface area contributed by atoms with E-state index in [0.29, 0.717) is 0 Å². The van der Waals surface area contributed by atoms with E-state index in [0.717, 1.165) is 0 Å². The lowest BCUT2D eigenvalue weighted by atomic mass is 10.2. The van der Waals surface area contributed by atoms with Gasteiger partial charge in [-0.1, -0.05) is 0 Å². The van der Waals surface area contributed by atoms with Crippen LogP contribution in [-0.4, -0.2) is 12.1 Å². The number of nitrogens with two attached hydrogens (primary N) is 2. The third-order valence-electron chi connectivity index (χ3n) is 0.550. The Morgan fingerprint density at radius 2 is 1.17 bits per heavy atom. The molecule has 36 valence electrons. The zero-order valence-electron chi connectivity index (χ0n) is 3.72.